The van der Waals surface area contributed by atoms with E-state index in [1.54, 1.807) is 0 Å². The van der Waals surface area contributed by atoms with E-state index in [1.807, 2.05) is 96.3 Å². The van der Waals surface area contributed by atoms with Gasteiger partial charge in [-0.3, -0.25) is 0 Å². The van der Waals surface area contributed by atoms with Crippen LogP contribution in [0.25, 0.3) is 0 Å². The molecule has 0 amide bonds. The number of hydrogen-bond donors (Lipinski definition) is 0. The van der Waals surface area contributed by atoms with Crippen LogP contribution in [0.4, 0.5) is 0 Å². The second kappa shape index (κ2) is 24.1. The molecule has 6 rings (SSSR count). The minimum Gasteiger partial charge on any atom is -0.0829 e. The van der Waals surface area contributed by atoms with Crippen molar-refractivity contribution in [2.45, 2.75) is 0 Å². The molecular weight excluding hydrogens is 559 g/mol. The molecule has 6 aliphatic carbocycles. The summed E-state index contributed by atoms with van der Waals surface area (Å²) in [5.74, 6) is 0. The second-order valence-electron chi connectivity index (χ2n) is 6.65. The molecule has 0 spiro atoms. The van der Waals surface area contributed by atoms with Gasteiger partial charge in [-0.1, -0.05) is 7.92 Å². The molecule has 30 radical (unpaired) electrons. The van der Waals surface area contributed by atoms with Gasteiger partial charge in [0.05, 0.1) is 0 Å². The minimum absolute atomic E-state index is 0. The molecule has 34 heavy (non-hydrogen) atoms. The first kappa shape index (κ1) is 36.0. The van der Waals surface area contributed by atoms with Crippen LogP contribution in [0.1, 0.15) is 0 Å². The average molecular weight is 586 g/mol. The molecule has 6 aliphatic rings. The van der Waals surface area contributed by atoms with Gasteiger partial charge in [0.15, 0.2) is 0 Å². The molecular formula is C30H27Fe3P+6. The maximum absolute atomic E-state index is 2.23. The summed E-state index contributed by atoms with van der Waals surface area (Å²) in [6.45, 7) is 0. The first-order valence-electron chi connectivity index (χ1n) is 10.4. The number of hydrogen-bond acceptors (Lipinski definition) is 0. The molecule has 6 fully saturated rings. The van der Waals surface area contributed by atoms with Crippen molar-refractivity contribution >= 4 is 7.92 Å². The van der Waals surface area contributed by atoms with Gasteiger partial charge in [0.1, 0.15) is 0 Å². The van der Waals surface area contributed by atoms with Crippen LogP contribution in [-0.4, -0.2) is 0 Å². The number of rotatable bonds is 3. The topological polar surface area (TPSA) is 0 Å². The molecule has 170 valence electrons. The Kier molecular flexibility index (Phi) is 25.5. The Morgan fingerprint density at radius 3 is 0.529 bits per heavy atom. The summed E-state index contributed by atoms with van der Waals surface area (Å²) in [5, 5.41) is 0. The summed E-state index contributed by atoms with van der Waals surface area (Å²) in [4.78, 5) is 0. The Morgan fingerprint density at radius 1 is 0.235 bits per heavy atom. The van der Waals surface area contributed by atoms with Crippen molar-refractivity contribution in [3.05, 3.63) is 190 Å². The van der Waals surface area contributed by atoms with Crippen molar-refractivity contribution < 1.29 is 51.2 Å². The van der Waals surface area contributed by atoms with Gasteiger partial charge in [-0.2, -0.15) is 0 Å². The van der Waals surface area contributed by atoms with Crippen molar-refractivity contribution in [1.29, 1.82) is 0 Å². The summed E-state index contributed by atoms with van der Waals surface area (Å²) in [6.07, 6.45) is 56.1. The largest absolute Gasteiger partial charge is 2.00 e. The third-order valence-corrected chi connectivity index (χ3v) is 6.82. The van der Waals surface area contributed by atoms with Crippen molar-refractivity contribution in [3.8, 4) is 0 Å². The molecule has 0 heterocycles. The van der Waals surface area contributed by atoms with Crippen LogP contribution < -0.4 is 0 Å². The predicted molar refractivity (Wildman–Crippen MR) is 133 cm³/mol. The molecule has 0 bridgehead atoms. The summed E-state index contributed by atoms with van der Waals surface area (Å²) in [6, 6.07) is 0. The Balaban J connectivity index is 0.000000501. The van der Waals surface area contributed by atoms with Crippen molar-refractivity contribution in [2.75, 3.05) is 0 Å². The van der Waals surface area contributed by atoms with E-state index in [0.29, 0.717) is 0 Å². The molecule has 0 N–H and O–H groups in total. The fraction of sp³-hybridized carbons (Fsp3) is 0. The Bertz CT molecular complexity index is 319. The van der Waals surface area contributed by atoms with Crippen LogP contribution in [0.2, 0.25) is 0 Å². The maximum atomic E-state index is 2.23. The monoisotopic (exact) mass is 586 g/mol. The van der Waals surface area contributed by atoms with Crippen LogP contribution in [0, 0.1) is 190 Å². The molecule has 0 aromatic heterocycles. The van der Waals surface area contributed by atoms with Crippen LogP contribution in [-0.2, 0) is 51.2 Å². The minimum atomic E-state index is -0.335. The summed E-state index contributed by atoms with van der Waals surface area (Å²) in [5.41, 5.74) is 4.31. The SMILES string of the molecule is [CH]1[CH][CH][CH][CH]1.[CH]1[CH][CH][CH][CH]1.[CH]1[CH][CH][CH][CH]1.[CH]1[CH][CH][C](P([C]2[CH][CH][CH][CH]2)[C]2[CH][CH][CH][CH]2)[CH]1.[Fe+2].[Fe+2].[Fe+2]. The first-order chi connectivity index (χ1) is 15.4. The molecule has 0 saturated heterocycles. The van der Waals surface area contributed by atoms with E-state index < -0.39 is 0 Å². The third kappa shape index (κ3) is 14.8. The zero-order valence-electron chi connectivity index (χ0n) is 18.6. The van der Waals surface area contributed by atoms with Crippen LogP contribution >= 0.6 is 7.92 Å². The summed E-state index contributed by atoms with van der Waals surface area (Å²) in [7, 11) is -0.335. The third-order valence-electron chi connectivity index (χ3n) is 4.38. The van der Waals surface area contributed by atoms with Gasteiger partial charge in [0, 0.05) is 17.0 Å². The van der Waals surface area contributed by atoms with E-state index in [1.165, 1.54) is 17.0 Å². The van der Waals surface area contributed by atoms with Gasteiger partial charge in [0.2, 0.25) is 0 Å². The van der Waals surface area contributed by atoms with Gasteiger partial charge in [-0.25, -0.2) is 0 Å². The van der Waals surface area contributed by atoms with Gasteiger partial charge >= 0.3 is 51.2 Å². The Hall–Kier alpha value is 1.99. The molecule has 0 nitrogen and oxygen atoms in total. The summed E-state index contributed by atoms with van der Waals surface area (Å²) < 4.78 is 0. The van der Waals surface area contributed by atoms with Gasteiger partial charge < -0.3 is 0 Å². The van der Waals surface area contributed by atoms with Gasteiger partial charge in [0.25, 0.3) is 0 Å². The van der Waals surface area contributed by atoms with Crippen molar-refractivity contribution in [3.63, 3.8) is 0 Å². The normalized spacial score (nSPS) is 24.6. The standard InChI is InChI=1S/C15H12P.3C5H5.3Fe/c1-2-8-13(7-1)16(14-9-3-4-10-14)15-11-5-6-12-15;3*1-2-4-5-3-1;;;/h1-12H;3*1-5H;;;/q;;;;3*+2. The zero-order valence-corrected chi connectivity index (χ0v) is 22.8. The molecule has 0 aromatic rings. The smallest absolute Gasteiger partial charge is 0.0829 e. The van der Waals surface area contributed by atoms with Crippen LogP contribution in [0.3, 0.4) is 0 Å². The molecule has 0 unspecified atom stereocenters. The van der Waals surface area contributed by atoms with Gasteiger partial charge in [-0.15, -0.1) is 0 Å². The van der Waals surface area contributed by atoms with E-state index in [-0.39, 0.29) is 59.1 Å². The molecule has 0 aliphatic heterocycles. The molecule has 0 atom stereocenters. The van der Waals surface area contributed by atoms with E-state index >= 15 is 0 Å². The van der Waals surface area contributed by atoms with E-state index in [0.717, 1.165) is 0 Å². The van der Waals surface area contributed by atoms with Crippen LogP contribution in [0.15, 0.2) is 0 Å². The second-order valence-corrected chi connectivity index (χ2v) is 8.87. The van der Waals surface area contributed by atoms with E-state index in [4.69, 9.17) is 0 Å². The van der Waals surface area contributed by atoms with E-state index in [9.17, 15) is 0 Å². The summed E-state index contributed by atoms with van der Waals surface area (Å²) >= 11 is 0. The average Bonchev–Trinajstić information content (AvgIpc) is 3.70. The fourth-order valence-electron chi connectivity index (χ4n) is 2.95. The predicted octanol–water partition coefficient (Wildman–Crippen LogP) is 6.61. The van der Waals surface area contributed by atoms with E-state index in [2.05, 4.69) is 77.0 Å². The first-order valence-corrected chi connectivity index (χ1v) is 11.7. The van der Waals surface area contributed by atoms with Gasteiger partial charge in [-0.05, 0) is 173 Å². The Labute approximate surface area is 248 Å². The molecule has 0 aromatic carbocycles. The maximum Gasteiger partial charge on any atom is 2.00 e. The zero-order chi connectivity index (χ0) is 21.4. The molecule has 6 saturated carbocycles. The van der Waals surface area contributed by atoms with Crippen molar-refractivity contribution in [2.24, 2.45) is 0 Å². The van der Waals surface area contributed by atoms with Crippen molar-refractivity contribution in [1.82, 2.24) is 0 Å². The quantitative estimate of drug-likeness (QED) is 0.258. The van der Waals surface area contributed by atoms with Crippen LogP contribution in [0.5, 0.6) is 0 Å². The fourth-order valence-corrected chi connectivity index (χ4v) is 5.25. The Morgan fingerprint density at radius 2 is 0.382 bits per heavy atom. The molecule has 4 heteroatoms.